The third-order valence-electron chi connectivity index (χ3n) is 4.96. The van der Waals surface area contributed by atoms with Gasteiger partial charge in [0, 0.05) is 31.1 Å². The molecule has 0 spiro atoms. The number of benzene rings is 1. The topological polar surface area (TPSA) is 141 Å². The lowest BCUT2D eigenvalue weighted by Crippen LogP contribution is -2.52. The minimum atomic E-state index is -0.694. The zero-order valence-electron chi connectivity index (χ0n) is 15.4. The van der Waals surface area contributed by atoms with Crippen molar-refractivity contribution in [2.24, 2.45) is 0 Å². The van der Waals surface area contributed by atoms with E-state index < -0.39 is 17.9 Å². The molecule has 10 nitrogen and oxygen atoms in total. The second-order valence-corrected chi connectivity index (χ2v) is 6.95. The fraction of sp³-hybridized carbons (Fsp3) is 0.263. The Balaban J connectivity index is 1.50. The van der Waals surface area contributed by atoms with Crippen molar-refractivity contribution in [1.82, 2.24) is 20.4 Å². The van der Waals surface area contributed by atoms with Crippen LogP contribution in [0.2, 0.25) is 0 Å². The maximum atomic E-state index is 12.7. The Kier molecular flexibility index (Phi) is 4.45. The van der Waals surface area contributed by atoms with Crippen LogP contribution < -0.4 is 10.6 Å². The van der Waals surface area contributed by atoms with Gasteiger partial charge in [-0.05, 0) is 36.2 Å². The van der Waals surface area contributed by atoms with Gasteiger partial charge in [0.05, 0.1) is 0 Å². The molecular formula is C19H17N5O5. The number of carbonyl (C=O) groups excluding carboxylic acids is 5. The quantitative estimate of drug-likeness (QED) is 0.512. The Bertz CT molecular complexity index is 1070. The van der Waals surface area contributed by atoms with Crippen LogP contribution in [-0.2, 0) is 16.1 Å². The second-order valence-electron chi connectivity index (χ2n) is 6.95. The van der Waals surface area contributed by atoms with Gasteiger partial charge in [-0.2, -0.15) is 5.10 Å². The number of H-pyrrole nitrogens is 1. The number of aromatic nitrogens is 2. The first-order chi connectivity index (χ1) is 13.8. The Labute approximate surface area is 164 Å². The molecule has 1 unspecified atom stereocenters. The third-order valence-corrected chi connectivity index (χ3v) is 4.96. The van der Waals surface area contributed by atoms with E-state index in [0.29, 0.717) is 16.8 Å². The maximum Gasteiger partial charge on any atom is 0.273 e. The lowest BCUT2D eigenvalue weighted by molar-refractivity contribution is -0.136. The van der Waals surface area contributed by atoms with Crippen LogP contribution in [0.3, 0.4) is 0 Å². The number of amides is 4. The molecule has 1 fully saturated rings. The van der Waals surface area contributed by atoms with Crippen molar-refractivity contribution in [3.8, 4) is 0 Å². The first-order valence-corrected chi connectivity index (χ1v) is 8.99. The summed E-state index contributed by atoms with van der Waals surface area (Å²) in [5.74, 6) is -1.84. The van der Waals surface area contributed by atoms with Crippen LogP contribution >= 0.6 is 0 Å². The predicted octanol–water partition coefficient (Wildman–Crippen LogP) is 0.626. The summed E-state index contributed by atoms with van der Waals surface area (Å²) in [6.45, 7) is 1.56. The zero-order chi connectivity index (χ0) is 20.7. The highest BCUT2D eigenvalue weighted by molar-refractivity contribution is 6.07. The molecule has 0 aliphatic carbocycles. The average molecular weight is 395 g/mol. The van der Waals surface area contributed by atoms with E-state index in [1.54, 1.807) is 18.2 Å². The van der Waals surface area contributed by atoms with E-state index in [0.717, 1.165) is 0 Å². The molecule has 148 valence electrons. The number of nitrogens with one attached hydrogen (secondary N) is 3. The number of nitrogens with zero attached hydrogens (tertiary/aromatic N) is 2. The molecular weight excluding hydrogens is 378 g/mol. The normalized spacial score (nSPS) is 18.4. The molecule has 10 heteroatoms. The maximum absolute atomic E-state index is 12.7. The van der Waals surface area contributed by atoms with Crippen LogP contribution in [-0.4, -0.2) is 50.6 Å². The van der Waals surface area contributed by atoms with Crippen molar-refractivity contribution in [2.75, 3.05) is 5.32 Å². The molecule has 1 atom stereocenters. The Morgan fingerprint density at radius 2 is 2.00 bits per heavy atom. The van der Waals surface area contributed by atoms with E-state index in [-0.39, 0.29) is 48.4 Å². The number of imide groups is 1. The standard InChI is InChI=1S/C19H17N5O5/c1-9(25)13-7-14(23-22-13)17(27)20-11-2-3-12-10(6-11)8-24(19(12)29)15-4-5-16(26)21-18(15)28/h2-3,6-7,15H,4-5,8H2,1H3,(H,20,27)(H,22,23)(H,21,26,28). The largest absolute Gasteiger partial charge is 0.322 e. The highest BCUT2D eigenvalue weighted by Gasteiger charge is 2.39. The molecule has 0 bridgehead atoms. The van der Waals surface area contributed by atoms with E-state index in [9.17, 15) is 24.0 Å². The first-order valence-electron chi connectivity index (χ1n) is 8.99. The molecule has 0 saturated carbocycles. The highest BCUT2D eigenvalue weighted by Crippen LogP contribution is 2.29. The van der Waals surface area contributed by atoms with Crippen LogP contribution in [0.25, 0.3) is 0 Å². The van der Waals surface area contributed by atoms with Gasteiger partial charge in [0.15, 0.2) is 5.78 Å². The molecule has 3 heterocycles. The van der Waals surface area contributed by atoms with Crippen LogP contribution in [0.15, 0.2) is 24.3 Å². The molecule has 1 aromatic carbocycles. The summed E-state index contributed by atoms with van der Waals surface area (Å²) in [4.78, 5) is 61.2. The summed E-state index contributed by atoms with van der Waals surface area (Å²) >= 11 is 0. The van der Waals surface area contributed by atoms with Crippen molar-refractivity contribution in [2.45, 2.75) is 32.4 Å². The average Bonchev–Trinajstić information content (AvgIpc) is 3.28. The molecule has 3 N–H and O–H groups in total. The van der Waals surface area contributed by atoms with Crippen molar-refractivity contribution < 1.29 is 24.0 Å². The van der Waals surface area contributed by atoms with Gasteiger partial charge in [0.2, 0.25) is 11.8 Å². The lowest BCUT2D eigenvalue weighted by Gasteiger charge is -2.29. The Hall–Kier alpha value is -3.82. The van der Waals surface area contributed by atoms with Crippen molar-refractivity contribution in [1.29, 1.82) is 0 Å². The smallest absolute Gasteiger partial charge is 0.273 e. The van der Waals surface area contributed by atoms with Crippen LogP contribution in [0.4, 0.5) is 5.69 Å². The van der Waals surface area contributed by atoms with Crippen molar-refractivity contribution in [3.63, 3.8) is 0 Å². The number of hydrogen-bond acceptors (Lipinski definition) is 6. The third kappa shape index (κ3) is 3.40. The van der Waals surface area contributed by atoms with Crippen LogP contribution in [0, 0.1) is 0 Å². The zero-order valence-corrected chi connectivity index (χ0v) is 15.4. The number of piperidine rings is 1. The summed E-state index contributed by atoms with van der Waals surface area (Å²) in [6, 6.07) is 5.51. The number of aromatic amines is 1. The second kappa shape index (κ2) is 6.97. The van der Waals surface area contributed by atoms with Gasteiger partial charge in [0.1, 0.15) is 17.4 Å². The van der Waals surface area contributed by atoms with E-state index in [1.807, 2.05) is 0 Å². The Morgan fingerprint density at radius 3 is 2.69 bits per heavy atom. The summed E-state index contributed by atoms with van der Waals surface area (Å²) in [5.41, 5.74) is 1.89. The van der Waals surface area contributed by atoms with Gasteiger partial charge in [-0.25, -0.2) is 0 Å². The number of hydrogen-bond donors (Lipinski definition) is 3. The summed E-state index contributed by atoms with van der Waals surface area (Å²) < 4.78 is 0. The van der Waals surface area contributed by atoms with Crippen molar-refractivity contribution in [3.05, 3.63) is 46.8 Å². The first kappa shape index (κ1) is 18.5. The number of carbonyl (C=O) groups is 5. The number of fused-ring (bicyclic) bond motifs is 1. The minimum Gasteiger partial charge on any atom is -0.322 e. The van der Waals surface area contributed by atoms with E-state index in [4.69, 9.17) is 0 Å². The number of anilines is 1. The molecule has 2 aliphatic rings. The lowest BCUT2D eigenvalue weighted by atomic mass is 10.0. The fourth-order valence-corrected chi connectivity index (χ4v) is 3.47. The SMILES string of the molecule is CC(=O)c1cc(C(=O)Nc2ccc3c(c2)CN(C2CCC(=O)NC2=O)C3=O)[nH]n1. The fourth-order valence-electron chi connectivity index (χ4n) is 3.47. The molecule has 4 rings (SSSR count). The molecule has 1 aromatic heterocycles. The minimum absolute atomic E-state index is 0.136. The van der Waals surface area contributed by atoms with Gasteiger partial charge in [-0.1, -0.05) is 0 Å². The van der Waals surface area contributed by atoms with Crippen LogP contribution in [0.5, 0.6) is 0 Å². The van der Waals surface area contributed by atoms with E-state index in [2.05, 4.69) is 20.8 Å². The molecule has 2 aromatic rings. The van der Waals surface area contributed by atoms with Gasteiger partial charge in [-0.15, -0.1) is 0 Å². The Morgan fingerprint density at radius 1 is 1.21 bits per heavy atom. The van der Waals surface area contributed by atoms with E-state index >= 15 is 0 Å². The number of Topliss-reactive ketones (excluding diaryl/α,β-unsaturated/α-hetero) is 1. The van der Waals surface area contributed by atoms with Gasteiger partial charge in [0.25, 0.3) is 11.8 Å². The van der Waals surface area contributed by atoms with Crippen LogP contribution in [0.1, 0.15) is 56.7 Å². The van der Waals surface area contributed by atoms with Gasteiger partial charge in [-0.3, -0.25) is 34.4 Å². The molecule has 0 radical (unpaired) electrons. The molecule has 2 aliphatic heterocycles. The molecule has 29 heavy (non-hydrogen) atoms. The molecule has 4 amide bonds. The summed E-state index contributed by atoms with van der Waals surface area (Å²) in [5, 5.41) is 11.2. The van der Waals surface area contributed by atoms with E-state index in [1.165, 1.54) is 17.9 Å². The summed E-state index contributed by atoms with van der Waals surface area (Å²) in [6.07, 6.45) is 0.469. The van der Waals surface area contributed by atoms with Crippen molar-refractivity contribution >= 4 is 35.1 Å². The van der Waals surface area contributed by atoms with Gasteiger partial charge < -0.3 is 10.2 Å². The number of ketones is 1. The van der Waals surface area contributed by atoms with Gasteiger partial charge >= 0.3 is 0 Å². The monoisotopic (exact) mass is 395 g/mol. The predicted molar refractivity (Wildman–Crippen MR) is 99.0 cm³/mol. The summed E-state index contributed by atoms with van der Waals surface area (Å²) in [7, 11) is 0. The highest BCUT2D eigenvalue weighted by atomic mass is 16.2. The molecule has 1 saturated heterocycles. The number of rotatable bonds is 4.